The molecule has 1 aliphatic rings. The summed E-state index contributed by atoms with van der Waals surface area (Å²) in [5.41, 5.74) is 0.229. The van der Waals surface area contributed by atoms with E-state index >= 15 is 0 Å². The molecule has 0 bridgehead atoms. The lowest BCUT2D eigenvalue weighted by atomic mass is 9.94. The molecule has 1 fully saturated rings. The van der Waals surface area contributed by atoms with Crippen LogP contribution in [0, 0.1) is 0 Å². The van der Waals surface area contributed by atoms with Gasteiger partial charge in [0.2, 0.25) is 0 Å². The van der Waals surface area contributed by atoms with Crippen molar-refractivity contribution in [1.82, 2.24) is 9.88 Å². The summed E-state index contributed by atoms with van der Waals surface area (Å²) in [5.74, 6) is -0.0366. The van der Waals surface area contributed by atoms with Crippen molar-refractivity contribution in [2.45, 2.75) is 25.4 Å². The van der Waals surface area contributed by atoms with Crippen LogP contribution in [-0.2, 0) is 4.74 Å². The van der Waals surface area contributed by atoms with Gasteiger partial charge in [-0.2, -0.15) is 0 Å². The Labute approximate surface area is 115 Å². The van der Waals surface area contributed by atoms with Crippen LogP contribution >= 0.6 is 15.9 Å². The average molecular weight is 313 g/mol. The van der Waals surface area contributed by atoms with Crippen LogP contribution < -0.4 is 0 Å². The molecule has 0 saturated carbocycles. The summed E-state index contributed by atoms with van der Waals surface area (Å²) >= 11 is 3.37. The summed E-state index contributed by atoms with van der Waals surface area (Å²) in [7, 11) is 1.70. The molecule has 0 spiro atoms. The van der Waals surface area contributed by atoms with Crippen molar-refractivity contribution in [3.05, 3.63) is 28.5 Å². The first kappa shape index (κ1) is 13.5. The fraction of sp³-hybridized carbons (Fsp3) is 0.538. The van der Waals surface area contributed by atoms with E-state index in [9.17, 15) is 4.79 Å². The largest absolute Gasteiger partial charge is 0.377 e. The molecule has 0 aliphatic carbocycles. The Morgan fingerprint density at radius 3 is 3.06 bits per heavy atom. The Hall–Kier alpha value is -0.940. The molecule has 18 heavy (non-hydrogen) atoms. The first-order valence-corrected chi connectivity index (χ1v) is 6.80. The van der Waals surface area contributed by atoms with Gasteiger partial charge >= 0.3 is 0 Å². The molecular formula is C13H17BrN2O2. The van der Waals surface area contributed by atoms with Gasteiger partial charge < -0.3 is 9.64 Å². The number of hydrogen-bond acceptors (Lipinski definition) is 3. The molecule has 0 radical (unpaired) electrons. The lowest BCUT2D eigenvalue weighted by Gasteiger charge is -2.39. The zero-order valence-corrected chi connectivity index (χ0v) is 12.2. The average Bonchev–Trinajstić information content (AvgIpc) is 2.39. The van der Waals surface area contributed by atoms with Crippen molar-refractivity contribution in [3.8, 4) is 0 Å². The zero-order valence-electron chi connectivity index (χ0n) is 10.6. The van der Waals surface area contributed by atoms with Crippen LogP contribution in [0.25, 0.3) is 0 Å². The number of hydrogen-bond donors (Lipinski definition) is 0. The van der Waals surface area contributed by atoms with Gasteiger partial charge in [-0.15, -0.1) is 0 Å². The first-order valence-electron chi connectivity index (χ1n) is 6.01. The van der Waals surface area contributed by atoms with Gasteiger partial charge in [-0.25, -0.2) is 4.98 Å². The van der Waals surface area contributed by atoms with Gasteiger partial charge in [0, 0.05) is 30.9 Å². The second-order valence-corrected chi connectivity index (χ2v) is 5.67. The molecule has 2 rings (SSSR count). The number of halogens is 1. The fourth-order valence-corrected chi connectivity index (χ4v) is 2.66. The zero-order chi connectivity index (χ0) is 13.2. The maximum Gasteiger partial charge on any atom is 0.273 e. The molecule has 1 atom stereocenters. The number of pyridine rings is 1. The highest BCUT2D eigenvalue weighted by atomic mass is 79.9. The Bertz CT molecular complexity index is 452. The van der Waals surface area contributed by atoms with E-state index in [1.807, 2.05) is 17.9 Å². The molecule has 5 heteroatoms. The number of piperidine rings is 1. The lowest BCUT2D eigenvalue weighted by Crippen LogP contribution is -2.49. The highest BCUT2D eigenvalue weighted by Gasteiger charge is 2.34. The molecule has 1 amide bonds. The van der Waals surface area contributed by atoms with Gasteiger partial charge in [-0.3, -0.25) is 4.79 Å². The van der Waals surface area contributed by atoms with E-state index in [0.717, 1.165) is 23.9 Å². The summed E-state index contributed by atoms with van der Waals surface area (Å²) in [4.78, 5) is 18.4. The summed E-state index contributed by atoms with van der Waals surface area (Å²) in [5, 5.41) is 0. The number of amides is 1. The molecule has 1 aliphatic heterocycles. The Morgan fingerprint density at radius 1 is 1.61 bits per heavy atom. The minimum Gasteiger partial charge on any atom is -0.377 e. The third-order valence-corrected chi connectivity index (χ3v) is 4.04. The van der Waals surface area contributed by atoms with Crippen LogP contribution in [0.1, 0.15) is 30.3 Å². The van der Waals surface area contributed by atoms with Gasteiger partial charge in [0.05, 0.1) is 5.60 Å². The van der Waals surface area contributed by atoms with Crippen LogP contribution in [-0.4, -0.2) is 41.6 Å². The predicted octanol–water partition coefficient (Wildman–Crippen LogP) is 2.49. The summed E-state index contributed by atoms with van der Waals surface area (Å²) in [6.07, 6.45) is 3.58. The fourth-order valence-electron chi connectivity index (χ4n) is 2.24. The minimum absolute atomic E-state index is 0.0366. The van der Waals surface area contributed by atoms with Gasteiger partial charge in [0.1, 0.15) is 5.69 Å². The number of carbonyl (C=O) groups excluding carboxylic acids is 1. The van der Waals surface area contributed by atoms with Crippen molar-refractivity contribution in [1.29, 1.82) is 0 Å². The molecule has 1 unspecified atom stereocenters. The quantitative estimate of drug-likeness (QED) is 0.842. The van der Waals surface area contributed by atoms with E-state index in [-0.39, 0.29) is 11.5 Å². The van der Waals surface area contributed by atoms with E-state index in [1.54, 1.807) is 19.4 Å². The SMILES string of the molecule is COC1(C)CCCN(C(=O)c2ncccc2Br)C1. The summed E-state index contributed by atoms with van der Waals surface area (Å²) in [6, 6.07) is 3.63. The van der Waals surface area contributed by atoms with E-state index in [2.05, 4.69) is 20.9 Å². The van der Waals surface area contributed by atoms with Crippen LogP contribution in [0.5, 0.6) is 0 Å². The number of carbonyl (C=O) groups is 1. The normalized spacial score (nSPS) is 24.1. The van der Waals surface area contributed by atoms with Crippen molar-refractivity contribution < 1.29 is 9.53 Å². The van der Waals surface area contributed by atoms with E-state index < -0.39 is 0 Å². The van der Waals surface area contributed by atoms with E-state index in [4.69, 9.17) is 4.74 Å². The topological polar surface area (TPSA) is 42.4 Å². The Morgan fingerprint density at radius 2 is 2.39 bits per heavy atom. The first-order chi connectivity index (χ1) is 8.56. The minimum atomic E-state index is -0.241. The van der Waals surface area contributed by atoms with Crippen LogP contribution in [0.15, 0.2) is 22.8 Å². The second kappa shape index (κ2) is 5.36. The van der Waals surface area contributed by atoms with Crippen LogP contribution in [0.3, 0.4) is 0 Å². The number of methoxy groups -OCH3 is 1. The molecule has 2 heterocycles. The third-order valence-electron chi connectivity index (χ3n) is 3.40. The summed E-state index contributed by atoms with van der Waals surface area (Å²) in [6.45, 7) is 3.42. The molecule has 4 nitrogen and oxygen atoms in total. The molecule has 98 valence electrons. The Kier molecular flexibility index (Phi) is 4.02. The van der Waals surface area contributed by atoms with Crippen molar-refractivity contribution in [2.24, 2.45) is 0 Å². The molecular weight excluding hydrogens is 296 g/mol. The third kappa shape index (κ3) is 2.72. The molecule has 1 aromatic heterocycles. The predicted molar refractivity (Wildman–Crippen MR) is 72.5 cm³/mol. The molecule has 0 aromatic carbocycles. The number of likely N-dealkylation sites (tertiary alicyclic amines) is 1. The standard InChI is InChI=1S/C13H17BrN2O2/c1-13(18-2)6-4-8-16(9-13)12(17)11-10(14)5-3-7-15-11/h3,5,7H,4,6,8-9H2,1-2H3. The maximum absolute atomic E-state index is 12.4. The lowest BCUT2D eigenvalue weighted by molar-refractivity contribution is -0.0441. The monoisotopic (exact) mass is 312 g/mol. The van der Waals surface area contributed by atoms with Crippen molar-refractivity contribution >= 4 is 21.8 Å². The van der Waals surface area contributed by atoms with E-state index in [1.165, 1.54) is 0 Å². The smallest absolute Gasteiger partial charge is 0.273 e. The highest BCUT2D eigenvalue weighted by Crippen LogP contribution is 2.26. The summed E-state index contributed by atoms with van der Waals surface area (Å²) < 4.78 is 6.23. The van der Waals surface area contributed by atoms with Crippen molar-refractivity contribution in [2.75, 3.05) is 20.2 Å². The van der Waals surface area contributed by atoms with Crippen LogP contribution in [0.4, 0.5) is 0 Å². The molecule has 1 saturated heterocycles. The van der Waals surface area contributed by atoms with Gasteiger partial charge in [0.25, 0.3) is 5.91 Å². The number of nitrogens with zero attached hydrogens (tertiary/aromatic N) is 2. The van der Waals surface area contributed by atoms with Gasteiger partial charge in [0.15, 0.2) is 0 Å². The highest BCUT2D eigenvalue weighted by molar-refractivity contribution is 9.10. The number of ether oxygens (including phenoxy) is 1. The van der Waals surface area contributed by atoms with Gasteiger partial charge in [-0.1, -0.05) is 0 Å². The van der Waals surface area contributed by atoms with Crippen molar-refractivity contribution in [3.63, 3.8) is 0 Å². The molecule has 0 N–H and O–H groups in total. The van der Waals surface area contributed by atoms with E-state index in [0.29, 0.717) is 12.2 Å². The van der Waals surface area contributed by atoms with Crippen LogP contribution in [0.2, 0.25) is 0 Å². The second-order valence-electron chi connectivity index (χ2n) is 4.82. The number of aromatic nitrogens is 1. The number of rotatable bonds is 2. The Balaban J connectivity index is 2.17. The maximum atomic E-state index is 12.4. The molecule has 1 aromatic rings. The van der Waals surface area contributed by atoms with Gasteiger partial charge in [-0.05, 0) is 47.8 Å².